The molecule has 0 atom stereocenters. The zero-order chi connectivity index (χ0) is 10.1. The predicted octanol–water partition coefficient (Wildman–Crippen LogP) is 1.70. The first-order valence-corrected chi connectivity index (χ1v) is 4.84. The van der Waals surface area contributed by atoms with Crippen LogP contribution in [0.4, 0.5) is 0 Å². The van der Waals surface area contributed by atoms with Crippen LogP contribution in [0.2, 0.25) is 0 Å². The Morgan fingerprint density at radius 1 is 1.46 bits per heavy atom. The molecule has 0 aromatic heterocycles. The molecule has 0 N–H and O–H groups in total. The Morgan fingerprint density at radius 2 is 2.15 bits per heavy atom. The molecule has 13 heavy (non-hydrogen) atoms. The minimum Gasteiger partial charge on any atom is -0.306 e. The maximum Gasteiger partial charge on any atom is 0.146 e. The third-order valence-electron chi connectivity index (χ3n) is 1.96. The van der Waals surface area contributed by atoms with E-state index < -0.39 is 0 Å². The van der Waals surface area contributed by atoms with Gasteiger partial charge in [0.15, 0.2) is 0 Å². The van der Waals surface area contributed by atoms with Gasteiger partial charge in [0, 0.05) is 13.0 Å². The lowest BCUT2D eigenvalue weighted by Crippen LogP contribution is -2.22. The van der Waals surface area contributed by atoms with E-state index in [9.17, 15) is 4.79 Å². The van der Waals surface area contributed by atoms with Gasteiger partial charge in [0.1, 0.15) is 5.78 Å². The van der Waals surface area contributed by atoms with Crippen LogP contribution in [0.1, 0.15) is 32.6 Å². The molecule has 0 heterocycles. The van der Waals surface area contributed by atoms with Crippen molar-refractivity contribution in [3.05, 3.63) is 0 Å². The number of ketones is 1. The van der Waals surface area contributed by atoms with Gasteiger partial charge in [-0.15, -0.1) is 6.42 Å². The van der Waals surface area contributed by atoms with E-state index in [2.05, 4.69) is 17.7 Å². The van der Waals surface area contributed by atoms with E-state index in [4.69, 9.17) is 6.42 Å². The van der Waals surface area contributed by atoms with Crippen molar-refractivity contribution < 1.29 is 4.79 Å². The molecule has 0 rings (SSSR count). The number of hydrogen-bond acceptors (Lipinski definition) is 2. The third-order valence-corrected chi connectivity index (χ3v) is 1.96. The number of Topliss-reactive ketones (excluding diaryl/α,β-unsaturated/α-hetero) is 1. The third kappa shape index (κ3) is 7.55. The smallest absolute Gasteiger partial charge is 0.146 e. The summed E-state index contributed by atoms with van der Waals surface area (Å²) < 4.78 is 0. The molecule has 2 heteroatoms. The molecule has 0 aliphatic rings. The van der Waals surface area contributed by atoms with E-state index in [1.54, 1.807) is 0 Å². The quantitative estimate of drug-likeness (QED) is 0.557. The number of carbonyl (C=O) groups excluding carboxylic acids is 1. The zero-order valence-electron chi connectivity index (χ0n) is 8.68. The van der Waals surface area contributed by atoms with E-state index in [0.717, 1.165) is 13.1 Å². The first kappa shape index (κ1) is 12.2. The van der Waals surface area contributed by atoms with Crippen molar-refractivity contribution in [3.8, 4) is 12.3 Å². The van der Waals surface area contributed by atoms with Gasteiger partial charge in [0.25, 0.3) is 0 Å². The lowest BCUT2D eigenvalue weighted by Gasteiger charge is -2.14. The molecule has 0 saturated heterocycles. The molecule has 74 valence electrons. The monoisotopic (exact) mass is 181 g/mol. The lowest BCUT2D eigenvalue weighted by molar-refractivity contribution is -0.118. The summed E-state index contributed by atoms with van der Waals surface area (Å²) in [4.78, 5) is 13.2. The molecule has 0 bridgehead atoms. The van der Waals surface area contributed by atoms with Gasteiger partial charge in [0.05, 0.1) is 6.42 Å². The summed E-state index contributed by atoms with van der Waals surface area (Å²) in [6.07, 6.45) is 8.29. The predicted molar refractivity (Wildman–Crippen MR) is 55.5 cm³/mol. The molecule has 0 aliphatic heterocycles. The minimum absolute atomic E-state index is 0.172. The zero-order valence-corrected chi connectivity index (χ0v) is 8.68. The highest BCUT2D eigenvalue weighted by Crippen LogP contribution is 1.95. The number of rotatable bonds is 7. The molecule has 0 spiro atoms. The van der Waals surface area contributed by atoms with Gasteiger partial charge in [-0.3, -0.25) is 4.79 Å². The highest BCUT2D eigenvalue weighted by molar-refractivity contribution is 5.80. The van der Waals surface area contributed by atoms with Crippen molar-refractivity contribution in [2.24, 2.45) is 0 Å². The number of terminal acetylenes is 1. The Balaban J connectivity index is 3.41. The first-order chi connectivity index (χ1) is 6.20. The molecule has 0 saturated carbocycles. The average Bonchev–Trinajstić information content (AvgIpc) is 2.12. The highest BCUT2D eigenvalue weighted by Gasteiger charge is 2.02. The molecule has 0 radical (unpaired) electrons. The van der Waals surface area contributed by atoms with Gasteiger partial charge in [-0.2, -0.15) is 0 Å². The van der Waals surface area contributed by atoms with Crippen LogP contribution in [0, 0.1) is 12.3 Å². The SMILES string of the molecule is C#CCC(=O)CCN(C)CCCC. The fourth-order valence-electron chi connectivity index (χ4n) is 1.06. The molecule has 0 aliphatic carbocycles. The van der Waals surface area contributed by atoms with Gasteiger partial charge in [-0.25, -0.2) is 0 Å². The topological polar surface area (TPSA) is 20.3 Å². The second-order valence-electron chi connectivity index (χ2n) is 3.33. The number of hydrogen-bond donors (Lipinski definition) is 0. The van der Waals surface area contributed by atoms with E-state index in [1.165, 1.54) is 12.8 Å². The van der Waals surface area contributed by atoms with Crippen LogP contribution < -0.4 is 0 Å². The Morgan fingerprint density at radius 3 is 2.69 bits per heavy atom. The van der Waals surface area contributed by atoms with Crippen molar-refractivity contribution in [2.75, 3.05) is 20.1 Å². The van der Waals surface area contributed by atoms with Crippen LogP contribution in [-0.4, -0.2) is 30.8 Å². The lowest BCUT2D eigenvalue weighted by atomic mass is 10.2. The van der Waals surface area contributed by atoms with Crippen molar-refractivity contribution >= 4 is 5.78 Å². The first-order valence-electron chi connectivity index (χ1n) is 4.84. The molecule has 0 amide bonds. The molecule has 0 fully saturated rings. The average molecular weight is 181 g/mol. The molecular formula is C11H19NO. The van der Waals surface area contributed by atoms with Crippen LogP contribution in [0.5, 0.6) is 0 Å². The Hall–Kier alpha value is -0.810. The van der Waals surface area contributed by atoms with Gasteiger partial charge >= 0.3 is 0 Å². The van der Waals surface area contributed by atoms with Crippen LogP contribution in [-0.2, 0) is 4.79 Å². The van der Waals surface area contributed by atoms with Crippen LogP contribution in [0.3, 0.4) is 0 Å². The second kappa shape index (κ2) is 7.82. The maximum absolute atomic E-state index is 11.1. The molecule has 0 aromatic carbocycles. The van der Waals surface area contributed by atoms with E-state index >= 15 is 0 Å². The van der Waals surface area contributed by atoms with E-state index in [1.807, 2.05) is 7.05 Å². The van der Waals surface area contributed by atoms with Crippen molar-refractivity contribution in [2.45, 2.75) is 32.6 Å². The summed E-state index contributed by atoms with van der Waals surface area (Å²) >= 11 is 0. The van der Waals surface area contributed by atoms with Gasteiger partial charge in [-0.1, -0.05) is 19.3 Å². The van der Waals surface area contributed by atoms with Gasteiger partial charge in [0.2, 0.25) is 0 Å². The fourth-order valence-corrected chi connectivity index (χ4v) is 1.06. The summed E-state index contributed by atoms with van der Waals surface area (Å²) in [5.74, 6) is 2.54. The summed E-state index contributed by atoms with van der Waals surface area (Å²) in [7, 11) is 2.04. The Kier molecular flexibility index (Phi) is 7.33. The summed E-state index contributed by atoms with van der Waals surface area (Å²) in [6, 6.07) is 0. The fraction of sp³-hybridized carbons (Fsp3) is 0.727. The van der Waals surface area contributed by atoms with Gasteiger partial charge in [-0.05, 0) is 20.0 Å². The van der Waals surface area contributed by atoms with Crippen molar-refractivity contribution in [3.63, 3.8) is 0 Å². The number of nitrogens with zero attached hydrogens (tertiary/aromatic N) is 1. The maximum atomic E-state index is 11.1. The minimum atomic E-state index is 0.172. The standard InChI is InChI=1S/C11H19NO/c1-4-6-9-12(3)10-8-11(13)7-5-2/h2H,4,6-10H2,1,3H3. The Bertz CT molecular complexity index is 181. The van der Waals surface area contributed by atoms with Crippen molar-refractivity contribution in [1.82, 2.24) is 4.90 Å². The van der Waals surface area contributed by atoms with Crippen molar-refractivity contribution in [1.29, 1.82) is 0 Å². The van der Waals surface area contributed by atoms with E-state index in [0.29, 0.717) is 6.42 Å². The summed E-state index contributed by atoms with van der Waals surface area (Å²) in [6.45, 7) is 4.07. The van der Waals surface area contributed by atoms with E-state index in [-0.39, 0.29) is 12.2 Å². The molecular weight excluding hydrogens is 162 g/mol. The van der Waals surface area contributed by atoms with Gasteiger partial charge < -0.3 is 4.90 Å². The highest BCUT2D eigenvalue weighted by atomic mass is 16.1. The largest absolute Gasteiger partial charge is 0.306 e. The van der Waals surface area contributed by atoms with Crippen LogP contribution >= 0.6 is 0 Å². The van der Waals surface area contributed by atoms with Crippen LogP contribution in [0.15, 0.2) is 0 Å². The molecule has 0 unspecified atom stereocenters. The normalized spacial score (nSPS) is 10.0. The molecule has 0 aromatic rings. The van der Waals surface area contributed by atoms with Crippen LogP contribution in [0.25, 0.3) is 0 Å². The number of unbranched alkanes of at least 4 members (excludes halogenated alkanes) is 1. The molecule has 2 nitrogen and oxygen atoms in total. The summed E-state index contributed by atoms with van der Waals surface area (Å²) in [5, 5.41) is 0. The summed E-state index contributed by atoms with van der Waals surface area (Å²) in [5.41, 5.74) is 0. The second-order valence-corrected chi connectivity index (χ2v) is 3.33. The Labute approximate surface area is 81.3 Å². The number of carbonyl (C=O) groups is 1.